The van der Waals surface area contributed by atoms with Gasteiger partial charge in [0.2, 0.25) is 0 Å². The largest absolute Gasteiger partial charge is 0.473 e. The van der Waals surface area contributed by atoms with Crippen LogP contribution in [0.3, 0.4) is 0 Å². The Kier molecular flexibility index (Phi) is 6.20. The number of carboxylic acids is 2. The molecular formula is C12H16ClN3O4. The van der Waals surface area contributed by atoms with Crippen molar-refractivity contribution in [2.24, 2.45) is 5.92 Å². The van der Waals surface area contributed by atoms with Gasteiger partial charge in [-0.25, -0.2) is 14.6 Å². The molecule has 1 aliphatic heterocycles. The Morgan fingerprint density at radius 3 is 2.45 bits per heavy atom. The van der Waals surface area contributed by atoms with Crippen LogP contribution in [0, 0.1) is 5.92 Å². The third kappa shape index (κ3) is 5.02. The van der Waals surface area contributed by atoms with Gasteiger partial charge in [-0.2, -0.15) is 0 Å². The Morgan fingerprint density at radius 2 is 2.00 bits per heavy atom. The molecule has 20 heavy (non-hydrogen) atoms. The molecule has 8 heteroatoms. The number of aromatic nitrogens is 1. The van der Waals surface area contributed by atoms with Crippen molar-refractivity contribution >= 4 is 29.4 Å². The predicted octanol–water partition coefficient (Wildman–Crippen LogP) is 0.546. The van der Waals surface area contributed by atoms with Crippen LogP contribution in [0.15, 0.2) is 18.2 Å². The zero-order valence-corrected chi connectivity index (χ0v) is 11.7. The average molecular weight is 302 g/mol. The summed E-state index contributed by atoms with van der Waals surface area (Å²) in [7, 11) is 1.99. The first kappa shape index (κ1) is 16.2. The minimum atomic E-state index is -1.82. The van der Waals surface area contributed by atoms with Crippen molar-refractivity contribution in [3.8, 4) is 0 Å². The van der Waals surface area contributed by atoms with Crippen molar-refractivity contribution in [3.05, 3.63) is 23.4 Å². The summed E-state index contributed by atoms with van der Waals surface area (Å²) in [6, 6.07) is 5.74. The number of hydrogen-bond acceptors (Lipinski definition) is 5. The molecule has 3 N–H and O–H groups in total. The molecule has 0 unspecified atom stereocenters. The lowest BCUT2D eigenvalue weighted by Gasteiger charge is -2.40. The summed E-state index contributed by atoms with van der Waals surface area (Å²) >= 11 is 5.82. The van der Waals surface area contributed by atoms with E-state index in [4.69, 9.17) is 31.4 Å². The van der Waals surface area contributed by atoms with Crippen LogP contribution in [0.1, 0.15) is 0 Å². The molecule has 2 rings (SSSR count). The van der Waals surface area contributed by atoms with Crippen LogP contribution in [-0.4, -0.2) is 53.8 Å². The number of anilines is 1. The number of rotatable bonds is 3. The fraction of sp³-hybridized carbons (Fsp3) is 0.417. The maximum absolute atomic E-state index is 9.10. The van der Waals surface area contributed by atoms with E-state index in [1.165, 1.54) is 0 Å². The predicted molar refractivity (Wildman–Crippen MR) is 74.1 cm³/mol. The molecule has 2 heterocycles. The zero-order valence-electron chi connectivity index (χ0n) is 10.9. The minimum Gasteiger partial charge on any atom is -0.473 e. The second-order valence-electron chi connectivity index (χ2n) is 4.26. The molecule has 0 bridgehead atoms. The lowest BCUT2D eigenvalue weighted by atomic mass is 10.0. The molecular weight excluding hydrogens is 286 g/mol. The van der Waals surface area contributed by atoms with Crippen molar-refractivity contribution in [1.82, 2.24) is 10.3 Å². The lowest BCUT2D eigenvalue weighted by molar-refractivity contribution is -0.159. The quantitative estimate of drug-likeness (QED) is 0.553. The Hall–Kier alpha value is -1.86. The van der Waals surface area contributed by atoms with Crippen LogP contribution in [0.25, 0.3) is 0 Å². The van der Waals surface area contributed by atoms with Gasteiger partial charge in [0.1, 0.15) is 11.0 Å². The standard InChI is InChI=1S/C10H14ClN3.C2H2O4/c1-12-5-8-6-14(7-8)10-4-2-3-9(11)13-10;3-1(4)2(5)6/h2-4,8,12H,5-7H2,1H3;(H,3,4)(H,5,6). The molecule has 0 aliphatic carbocycles. The summed E-state index contributed by atoms with van der Waals surface area (Å²) in [4.78, 5) is 24.7. The molecule has 0 atom stereocenters. The summed E-state index contributed by atoms with van der Waals surface area (Å²) in [5.74, 6) is -1.91. The first-order valence-electron chi connectivity index (χ1n) is 5.92. The van der Waals surface area contributed by atoms with Crippen molar-refractivity contribution in [2.75, 3.05) is 31.6 Å². The Morgan fingerprint density at radius 1 is 1.40 bits per heavy atom. The first-order chi connectivity index (χ1) is 9.43. The van der Waals surface area contributed by atoms with Crippen molar-refractivity contribution < 1.29 is 19.8 Å². The van der Waals surface area contributed by atoms with Gasteiger partial charge in [0.05, 0.1) is 0 Å². The van der Waals surface area contributed by atoms with E-state index < -0.39 is 11.9 Å². The second-order valence-corrected chi connectivity index (χ2v) is 4.64. The van der Waals surface area contributed by atoms with Gasteiger partial charge >= 0.3 is 11.9 Å². The average Bonchev–Trinajstić information content (AvgIpc) is 2.33. The van der Waals surface area contributed by atoms with Gasteiger partial charge in [-0.05, 0) is 19.2 Å². The molecule has 0 amide bonds. The van der Waals surface area contributed by atoms with Crippen LogP contribution in [0.5, 0.6) is 0 Å². The van der Waals surface area contributed by atoms with Gasteiger partial charge in [-0.15, -0.1) is 0 Å². The molecule has 0 spiro atoms. The number of hydrogen-bond donors (Lipinski definition) is 3. The van der Waals surface area contributed by atoms with E-state index in [-0.39, 0.29) is 0 Å². The van der Waals surface area contributed by atoms with E-state index in [0.717, 1.165) is 31.4 Å². The van der Waals surface area contributed by atoms with Gasteiger partial charge in [0.25, 0.3) is 0 Å². The number of nitrogens with zero attached hydrogens (tertiary/aromatic N) is 2. The van der Waals surface area contributed by atoms with E-state index in [2.05, 4.69) is 15.2 Å². The Balaban J connectivity index is 0.000000286. The summed E-state index contributed by atoms with van der Waals surface area (Å²) < 4.78 is 0. The minimum absolute atomic E-state index is 0.569. The van der Waals surface area contributed by atoms with Crippen LogP contribution >= 0.6 is 11.6 Å². The highest BCUT2D eigenvalue weighted by molar-refractivity contribution is 6.29. The van der Waals surface area contributed by atoms with Gasteiger partial charge in [-0.1, -0.05) is 17.7 Å². The SMILES string of the molecule is CNCC1CN(c2cccc(Cl)n2)C1.O=C(O)C(=O)O. The molecule has 1 aromatic heterocycles. The van der Waals surface area contributed by atoms with E-state index in [1.54, 1.807) is 6.07 Å². The maximum atomic E-state index is 9.10. The van der Waals surface area contributed by atoms with E-state index in [1.807, 2.05) is 19.2 Å². The second kappa shape index (κ2) is 7.66. The molecule has 1 fully saturated rings. The third-order valence-electron chi connectivity index (χ3n) is 2.66. The van der Waals surface area contributed by atoms with Gasteiger partial charge in [-0.3, -0.25) is 0 Å². The van der Waals surface area contributed by atoms with Crippen molar-refractivity contribution in [1.29, 1.82) is 0 Å². The normalized spacial score (nSPS) is 14.0. The van der Waals surface area contributed by atoms with Crippen LogP contribution in [0.4, 0.5) is 5.82 Å². The monoisotopic (exact) mass is 301 g/mol. The van der Waals surface area contributed by atoms with Gasteiger partial charge in [0.15, 0.2) is 0 Å². The zero-order chi connectivity index (χ0) is 15.1. The van der Waals surface area contributed by atoms with E-state index in [9.17, 15) is 0 Å². The number of nitrogens with one attached hydrogen (secondary N) is 1. The van der Waals surface area contributed by atoms with Crippen molar-refractivity contribution in [3.63, 3.8) is 0 Å². The lowest BCUT2D eigenvalue weighted by Crippen LogP contribution is -2.50. The summed E-state index contributed by atoms with van der Waals surface area (Å²) in [6.45, 7) is 3.24. The Labute approximate surface area is 121 Å². The topological polar surface area (TPSA) is 103 Å². The molecule has 1 aromatic rings. The van der Waals surface area contributed by atoms with Crippen LogP contribution in [-0.2, 0) is 9.59 Å². The van der Waals surface area contributed by atoms with Crippen molar-refractivity contribution in [2.45, 2.75) is 0 Å². The molecule has 0 aromatic carbocycles. The van der Waals surface area contributed by atoms with E-state index >= 15 is 0 Å². The van der Waals surface area contributed by atoms with Crippen LogP contribution in [0.2, 0.25) is 5.15 Å². The molecule has 1 saturated heterocycles. The summed E-state index contributed by atoms with van der Waals surface area (Å²) in [5.41, 5.74) is 0. The molecule has 1 aliphatic rings. The fourth-order valence-corrected chi connectivity index (χ4v) is 1.91. The number of pyridine rings is 1. The highest BCUT2D eigenvalue weighted by Gasteiger charge is 2.26. The Bertz CT molecular complexity index is 466. The third-order valence-corrected chi connectivity index (χ3v) is 2.87. The van der Waals surface area contributed by atoms with Gasteiger partial charge in [0, 0.05) is 25.6 Å². The van der Waals surface area contributed by atoms with E-state index in [0.29, 0.717) is 5.15 Å². The summed E-state index contributed by atoms with van der Waals surface area (Å²) in [6.07, 6.45) is 0. The van der Waals surface area contributed by atoms with Crippen LogP contribution < -0.4 is 10.2 Å². The number of aliphatic carboxylic acids is 2. The number of carboxylic acid groups (broad SMARTS) is 2. The fourth-order valence-electron chi connectivity index (χ4n) is 1.75. The first-order valence-corrected chi connectivity index (χ1v) is 6.30. The smallest absolute Gasteiger partial charge is 0.414 e. The molecule has 0 radical (unpaired) electrons. The summed E-state index contributed by atoms with van der Waals surface area (Å²) in [5, 5.41) is 18.5. The number of halogens is 1. The molecule has 0 saturated carbocycles. The highest BCUT2D eigenvalue weighted by atomic mass is 35.5. The highest BCUT2D eigenvalue weighted by Crippen LogP contribution is 2.23. The number of carbonyl (C=O) groups is 2. The molecule has 110 valence electrons. The maximum Gasteiger partial charge on any atom is 0.414 e. The van der Waals surface area contributed by atoms with Gasteiger partial charge < -0.3 is 20.4 Å². The molecule has 7 nitrogen and oxygen atoms in total.